The fourth-order valence-corrected chi connectivity index (χ4v) is 3.78. The number of piperidine rings is 1. The van der Waals surface area contributed by atoms with Crippen LogP contribution in [0.3, 0.4) is 0 Å². The van der Waals surface area contributed by atoms with Crippen LogP contribution in [0.25, 0.3) is 0 Å². The molecule has 0 aliphatic carbocycles. The maximum Gasteiger partial charge on any atom is 0.407 e. The van der Waals surface area contributed by atoms with Crippen molar-refractivity contribution in [2.24, 2.45) is 5.41 Å². The molecule has 23 heavy (non-hydrogen) atoms. The number of rotatable bonds is 3. The molecule has 7 nitrogen and oxygen atoms in total. The number of carbonyl (C=O) groups is 2. The monoisotopic (exact) mass is 387 g/mol. The molecule has 2 heterocycles. The van der Waals surface area contributed by atoms with Gasteiger partial charge in [-0.25, -0.2) is 4.79 Å². The van der Waals surface area contributed by atoms with E-state index in [4.69, 9.17) is 5.11 Å². The van der Waals surface area contributed by atoms with Crippen molar-refractivity contribution in [2.45, 2.75) is 45.6 Å². The van der Waals surface area contributed by atoms with Crippen LogP contribution in [0.15, 0.2) is 10.8 Å². The van der Waals surface area contributed by atoms with Gasteiger partial charge < -0.3 is 15.1 Å². The van der Waals surface area contributed by atoms with E-state index in [-0.39, 0.29) is 18.6 Å². The summed E-state index contributed by atoms with van der Waals surface area (Å²) in [6.07, 6.45) is 1.66. The van der Waals surface area contributed by atoms with E-state index in [1.807, 2.05) is 25.5 Å². The molecule has 1 aromatic heterocycles. The van der Waals surface area contributed by atoms with Gasteiger partial charge in [-0.2, -0.15) is 5.10 Å². The summed E-state index contributed by atoms with van der Waals surface area (Å²) in [5.74, 6) is -0.877. The molecule has 2 N–H and O–H groups in total. The van der Waals surface area contributed by atoms with E-state index >= 15 is 0 Å². The highest BCUT2D eigenvalue weighted by atomic mass is 79.9. The molecule has 1 fully saturated rings. The molecular weight excluding hydrogens is 366 g/mol. The normalized spacial score (nSPS) is 18.0. The zero-order valence-electron chi connectivity index (χ0n) is 13.5. The number of aromatic nitrogens is 2. The molecule has 2 rings (SSSR count). The summed E-state index contributed by atoms with van der Waals surface area (Å²) in [7, 11) is 0. The number of nitrogens with zero attached hydrogens (tertiary/aromatic N) is 3. The van der Waals surface area contributed by atoms with Gasteiger partial charge in [0.25, 0.3) is 0 Å². The van der Waals surface area contributed by atoms with E-state index in [0.717, 1.165) is 10.2 Å². The van der Waals surface area contributed by atoms with Gasteiger partial charge in [-0.15, -0.1) is 0 Å². The van der Waals surface area contributed by atoms with Crippen molar-refractivity contribution in [1.29, 1.82) is 0 Å². The zero-order chi connectivity index (χ0) is 17.4. The lowest BCUT2D eigenvalue weighted by molar-refractivity contribution is -0.151. The summed E-state index contributed by atoms with van der Waals surface area (Å²) in [4.78, 5) is 24.2. The number of halogens is 1. The van der Waals surface area contributed by atoms with Gasteiger partial charge in [0.05, 0.1) is 17.2 Å². The molecule has 0 spiro atoms. The molecule has 0 unspecified atom stereocenters. The van der Waals surface area contributed by atoms with Gasteiger partial charge in [0.2, 0.25) is 0 Å². The van der Waals surface area contributed by atoms with E-state index in [1.165, 1.54) is 4.90 Å². The lowest BCUT2D eigenvalue weighted by Gasteiger charge is -2.37. The third-order valence-corrected chi connectivity index (χ3v) is 5.23. The van der Waals surface area contributed by atoms with E-state index in [1.54, 1.807) is 6.20 Å². The lowest BCUT2D eigenvalue weighted by atomic mass is 9.74. The van der Waals surface area contributed by atoms with Crippen LogP contribution in [-0.4, -0.2) is 50.0 Å². The molecule has 0 radical (unpaired) electrons. The fourth-order valence-electron chi connectivity index (χ4n) is 2.91. The Morgan fingerprint density at radius 2 is 1.87 bits per heavy atom. The molecule has 1 aliphatic heterocycles. The molecule has 1 saturated heterocycles. The number of hydrogen-bond acceptors (Lipinski definition) is 3. The number of carboxylic acids is 1. The minimum atomic E-state index is -0.995. The van der Waals surface area contributed by atoms with Crippen molar-refractivity contribution < 1.29 is 19.8 Å². The van der Waals surface area contributed by atoms with Crippen LogP contribution in [0.1, 0.15) is 39.2 Å². The Kier molecular flexibility index (Phi) is 4.75. The third-order valence-electron chi connectivity index (χ3n) is 4.39. The van der Waals surface area contributed by atoms with Crippen LogP contribution in [0.5, 0.6) is 0 Å². The Bertz CT molecular complexity index is 613. The van der Waals surface area contributed by atoms with E-state index in [9.17, 15) is 14.7 Å². The molecule has 1 aliphatic rings. The van der Waals surface area contributed by atoms with Crippen molar-refractivity contribution in [3.8, 4) is 0 Å². The van der Waals surface area contributed by atoms with Gasteiger partial charge in [0, 0.05) is 18.7 Å². The molecule has 0 atom stereocenters. The zero-order valence-corrected chi connectivity index (χ0v) is 15.1. The molecule has 0 saturated carbocycles. The highest BCUT2D eigenvalue weighted by Gasteiger charge is 2.43. The van der Waals surface area contributed by atoms with Crippen molar-refractivity contribution in [2.75, 3.05) is 13.1 Å². The molecular formula is C15H22BrN3O4. The second kappa shape index (κ2) is 6.14. The van der Waals surface area contributed by atoms with Gasteiger partial charge in [-0.05, 0) is 56.0 Å². The van der Waals surface area contributed by atoms with Crippen LogP contribution in [0.4, 0.5) is 4.79 Å². The summed E-state index contributed by atoms with van der Waals surface area (Å²) < 4.78 is 2.61. The summed E-state index contributed by atoms with van der Waals surface area (Å²) in [6.45, 7) is 6.55. The van der Waals surface area contributed by atoms with Gasteiger partial charge in [0.15, 0.2) is 0 Å². The van der Waals surface area contributed by atoms with Gasteiger partial charge >= 0.3 is 12.1 Å². The Labute approximate surface area is 143 Å². The number of hydrogen-bond donors (Lipinski definition) is 2. The largest absolute Gasteiger partial charge is 0.481 e. The Morgan fingerprint density at radius 1 is 1.30 bits per heavy atom. The maximum atomic E-state index is 11.9. The van der Waals surface area contributed by atoms with Crippen LogP contribution in [-0.2, 0) is 16.8 Å². The SMILES string of the molecule is CC(C)(C)n1ncc(CC2(C(=O)O)CCN(C(=O)O)CC2)c1Br. The average molecular weight is 388 g/mol. The van der Waals surface area contributed by atoms with Crippen LogP contribution in [0, 0.1) is 5.41 Å². The van der Waals surface area contributed by atoms with E-state index < -0.39 is 17.5 Å². The summed E-state index contributed by atoms with van der Waals surface area (Å²) in [5.41, 5.74) is -0.313. The first-order valence-corrected chi connectivity index (χ1v) is 8.30. The second-order valence-electron chi connectivity index (χ2n) is 7.08. The highest BCUT2D eigenvalue weighted by molar-refractivity contribution is 9.10. The molecule has 128 valence electrons. The molecule has 0 bridgehead atoms. The first-order chi connectivity index (χ1) is 10.6. The van der Waals surface area contributed by atoms with Crippen molar-refractivity contribution in [3.05, 3.63) is 16.4 Å². The van der Waals surface area contributed by atoms with Crippen LogP contribution >= 0.6 is 15.9 Å². The Hall–Kier alpha value is -1.57. The predicted molar refractivity (Wildman–Crippen MR) is 87.5 cm³/mol. The average Bonchev–Trinajstić information content (AvgIpc) is 2.80. The molecule has 1 aromatic rings. The fraction of sp³-hybridized carbons (Fsp3) is 0.667. The molecule has 8 heteroatoms. The van der Waals surface area contributed by atoms with Gasteiger partial charge in [-0.3, -0.25) is 9.48 Å². The lowest BCUT2D eigenvalue weighted by Crippen LogP contribution is -2.47. The van der Waals surface area contributed by atoms with Crippen LogP contribution in [0.2, 0.25) is 0 Å². The smallest absolute Gasteiger partial charge is 0.407 e. The van der Waals surface area contributed by atoms with Crippen molar-refractivity contribution in [3.63, 3.8) is 0 Å². The summed E-state index contributed by atoms with van der Waals surface area (Å²) in [6, 6.07) is 0. The predicted octanol–water partition coefficient (Wildman–Crippen LogP) is 2.79. The van der Waals surface area contributed by atoms with E-state index in [2.05, 4.69) is 21.0 Å². The first kappa shape index (κ1) is 17.8. The van der Waals surface area contributed by atoms with Crippen molar-refractivity contribution >= 4 is 28.0 Å². The minimum absolute atomic E-state index is 0.208. The topological polar surface area (TPSA) is 95.7 Å². The molecule has 0 aromatic carbocycles. The Balaban J connectivity index is 2.24. The third kappa shape index (κ3) is 3.52. The summed E-state index contributed by atoms with van der Waals surface area (Å²) in [5, 5.41) is 23.1. The number of carboxylic acid groups (broad SMARTS) is 2. The van der Waals surface area contributed by atoms with E-state index in [0.29, 0.717) is 19.3 Å². The molecule has 1 amide bonds. The van der Waals surface area contributed by atoms with Crippen molar-refractivity contribution in [1.82, 2.24) is 14.7 Å². The standard InChI is InChI=1S/C15H22BrN3O4/c1-14(2,3)19-11(16)10(9-17-19)8-15(12(20)21)4-6-18(7-5-15)13(22)23/h9H,4-8H2,1-3H3,(H,20,21)(H,22,23). The minimum Gasteiger partial charge on any atom is -0.481 e. The number of aliphatic carboxylic acids is 1. The maximum absolute atomic E-state index is 11.9. The quantitative estimate of drug-likeness (QED) is 0.830. The van der Waals surface area contributed by atoms with Gasteiger partial charge in [-0.1, -0.05) is 0 Å². The number of amides is 1. The summed E-state index contributed by atoms with van der Waals surface area (Å²) >= 11 is 3.53. The first-order valence-electron chi connectivity index (χ1n) is 7.51. The Morgan fingerprint density at radius 3 is 2.26 bits per heavy atom. The van der Waals surface area contributed by atoms with Crippen LogP contribution < -0.4 is 0 Å². The highest BCUT2D eigenvalue weighted by Crippen LogP contribution is 2.38. The van der Waals surface area contributed by atoms with Gasteiger partial charge in [0.1, 0.15) is 4.60 Å². The number of likely N-dealkylation sites (tertiary alicyclic amines) is 1. The second-order valence-corrected chi connectivity index (χ2v) is 7.83.